The first kappa shape index (κ1) is 61.1. The summed E-state index contributed by atoms with van der Waals surface area (Å²) in [7, 11) is -3.60. The minimum Gasteiger partial charge on any atom is -0.396 e. The lowest BCUT2D eigenvalue weighted by molar-refractivity contribution is -0.104. The molecule has 0 spiro atoms. The lowest BCUT2D eigenvalue weighted by Gasteiger charge is -2.29. The number of aliphatic hydroxyl groups excluding tert-OH is 1. The molecule has 0 aromatic rings. The van der Waals surface area contributed by atoms with E-state index in [-0.39, 0.29) is 19.2 Å². The highest BCUT2D eigenvalue weighted by Crippen LogP contribution is 2.19. The van der Waals surface area contributed by atoms with E-state index >= 15 is 0 Å². The van der Waals surface area contributed by atoms with Crippen molar-refractivity contribution in [2.75, 3.05) is 52.7 Å². The Labute approximate surface area is 384 Å². The van der Waals surface area contributed by atoms with E-state index < -0.39 is 17.8 Å². The van der Waals surface area contributed by atoms with Gasteiger partial charge in [-0.1, -0.05) is 169 Å². The predicted molar refractivity (Wildman–Crippen MR) is 266 cm³/mol. The van der Waals surface area contributed by atoms with E-state index in [9.17, 15) is 5.11 Å². The molecule has 2 atom stereocenters. The number of rotatable bonds is 52. The van der Waals surface area contributed by atoms with Crippen LogP contribution in [0.15, 0.2) is 0 Å². The molecule has 8 nitrogen and oxygen atoms in total. The highest BCUT2D eigenvalue weighted by molar-refractivity contribution is 6.64. The van der Waals surface area contributed by atoms with Gasteiger partial charge in [-0.15, -0.1) is 0 Å². The molecule has 61 heavy (non-hydrogen) atoms. The second-order valence-electron chi connectivity index (χ2n) is 18.5. The van der Waals surface area contributed by atoms with E-state index in [4.69, 9.17) is 27.2 Å². The molecule has 0 aromatic carbocycles. The molecule has 1 radical (unpaired) electrons. The van der Waals surface area contributed by atoms with Crippen LogP contribution in [0, 0.1) is 0 Å². The third-order valence-corrected chi connectivity index (χ3v) is 14.7. The number of unbranched alkanes of at least 4 members (excludes halogenated alkanes) is 25. The number of hydrogen-bond acceptors (Lipinski definition) is 8. The van der Waals surface area contributed by atoms with Gasteiger partial charge in [0.2, 0.25) is 0 Å². The van der Waals surface area contributed by atoms with E-state index in [1.807, 2.05) is 0 Å². The Balaban J connectivity index is 4.89. The molecule has 0 bridgehead atoms. The molecule has 2 unspecified atom stereocenters. The van der Waals surface area contributed by atoms with Crippen LogP contribution in [0.1, 0.15) is 246 Å². The summed E-state index contributed by atoms with van der Waals surface area (Å²) in [6.07, 6.45) is 41.0. The number of nitrogens with zero attached hydrogens (tertiary/aromatic N) is 1. The van der Waals surface area contributed by atoms with E-state index in [2.05, 4.69) is 52.2 Å². The summed E-state index contributed by atoms with van der Waals surface area (Å²) in [5, 5.41) is 9.49. The van der Waals surface area contributed by atoms with Crippen LogP contribution in [0.4, 0.5) is 0 Å². The minimum absolute atomic E-state index is 0.151. The standard InChI is InChI=1S/C51H108NO7Si2/c1-8-12-16-20-24-36-46-54-50(58-60(5)56-48-38-26-22-18-14-10-3)40-30-28-32-42-52(44-34-35-45-53)43-33-29-31-41-51(55-47-37-25-21-17-13-9-2)59-61(6,7)57-49-39-27-23-19-15-11-4/h50-51,53H,8-49H2,1-7H3. The molecule has 0 aliphatic rings. The molecule has 10 heteroatoms. The Morgan fingerprint density at radius 1 is 0.443 bits per heavy atom. The lowest BCUT2D eigenvalue weighted by Crippen LogP contribution is -2.40. The third-order valence-electron chi connectivity index (χ3n) is 11.8. The van der Waals surface area contributed by atoms with Gasteiger partial charge in [0.15, 0.2) is 0 Å². The summed E-state index contributed by atoms with van der Waals surface area (Å²) in [6.45, 7) is 22.4. The fourth-order valence-corrected chi connectivity index (χ4v) is 10.4. The Hall–Kier alpha value is 0.114. The second kappa shape index (κ2) is 48.1. The zero-order chi connectivity index (χ0) is 44.8. The molecule has 1 N–H and O–H groups in total. The van der Waals surface area contributed by atoms with Crippen molar-refractivity contribution in [1.82, 2.24) is 4.90 Å². The SMILES string of the molecule is CCCCCCCCOC(CCCCCN(CCCCO)CCCCCC(OCCCCCCCC)O[Si](C)(C)OCCCCCCCC)O[Si](C)OCCCCCCCC. The normalized spacial score (nSPS) is 13.3. The van der Waals surface area contributed by atoms with Gasteiger partial charge >= 0.3 is 17.8 Å². The summed E-state index contributed by atoms with van der Waals surface area (Å²) in [5.74, 6) is 0. The van der Waals surface area contributed by atoms with Crippen molar-refractivity contribution in [2.45, 2.75) is 278 Å². The average molecular weight is 904 g/mol. The highest BCUT2D eigenvalue weighted by Gasteiger charge is 2.29. The van der Waals surface area contributed by atoms with Gasteiger partial charge in [-0.05, 0) is 116 Å². The van der Waals surface area contributed by atoms with Crippen molar-refractivity contribution in [2.24, 2.45) is 0 Å². The molecule has 0 heterocycles. The van der Waals surface area contributed by atoms with Crippen LogP contribution in [0.25, 0.3) is 0 Å². The number of hydrogen-bond donors (Lipinski definition) is 1. The average Bonchev–Trinajstić information content (AvgIpc) is 3.24. The number of aliphatic hydroxyl groups is 1. The molecule has 0 fully saturated rings. The topological polar surface area (TPSA) is 78.9 Å². The molecular weight excluding hydrogens is 795 g/mol. The largest absolute Gasteiger partial charge is 0.396 e. The fourth-order valence-electron chi connectivity index (χ4n) is 7.84. The van der Waals surface area contributed by atoms with Crippen LogP contribution in [-0.4, -0.2) is 93.1 Å². The van der Waals surface area contributed by atoms with E-state index in [1.54, 1.807) is 0 Å². The summed E-state index contributed by atoms with van der Waals surface area (Å²) in [6, 6.07) is 0. The molecule has 0 rings (SSSR count). The monoisotopic (exact) mass is 903 g/mol. The lowest BCUT2D eigenvalue weighted by atomic mass is 10.1. The summed E-state index contributed by atoms with van der Waals surface area (Å²) in [4.78, 5) is 2.64. The first-order valence-electron chi connectivity index (χ1n) is 26.8. The van der Waals surface area contributed by atoms with Gasteiger partial charge in [-0.25, -0.2) is 0 Å². The molecule has 0 saturated carbocycles. The highest BCUT2D eigenvalue weighted by atomic mass is 28.4. The van der Waals surface area contributed by atoms with Crippen LogP contribution in [0.5, 0.6) is 0 Å². The maximum absolute atomic E-state index is 9.49. The third kappa shape index (κ3) is 45.1. The fraction of sp³-hybridized carbons (Fsp3) is 1.00. The first-order chi connectivity index (χ1) is 29.8. The van der Waals surface area contributed by atoms with Gasteiger partial charge in [-0.3, -0.25) is 0 Å². The molecule has 0 aromatic heterocycles. The van der Waals surface area contributed by atoms with Crippen LogP contribution in [0.2, 0.25) is 19.6 Å². The van der Waals surface area contributed by atoms with Gasteiger partial charge in [0.05, 0.1) is 0 Å². The molecule has 367 valence electrons. The quantitative estimate of drug-likeness (QED) is 0.0367. The molecule has 0 saturated heterocycles. The van der Waals surface area contributed by atoms with Crippen molar-refractivity contribution < 1.29 is 32.3 Å². The number of ether oxygens (including phenoxy) is 2. The molecular formula is C51H108NO7Si2. The summed E-state index contributed by atoms with van der Waals surface area (Å²) >= 11 is 0. The van der Waals surface area contributed by atoms with Gasteiger partial charge in [-0.2, -0.15) is 0 Å². The zero-order valence-electron chi connectivity index (χ0n) is 42.2. The van der Waals surface area contributed by atoms with Crippen molar-refractivity contribution in [3.8, 4) is 0 Å². The van der Waals surface area contributed by atoms with E-state index in [0.29, 0.717) is 0 Å². The summed E-state index contributed by atoms with van der Waals surface area (Å²) < 4.78 is 38.4. The Kier molecular flexibility index (Phi) is 48.1. The van der Waals surface area contributed by atoms with Crippen LogP contribution >= 0.6 is 0 Å². The molecule has 0 amide bonds. The van der Waals surface area contributed by atoms with Gasteiger partial charge in [0, 0.05) is 33.0 Å². The van der Waals surface area contributed by atoms with Crippen molar-refractivity contribution in [1.29, 1.82) is 0 Å². The van der Waals surface area contributed by atoms with Gasteiger partial charge < -0.3 is 37.2 Å². The zero-order valence-corrected chi connectivity index (χ0v) is 44.2. The van der Waals surface area contributed by atoms with Gasteiger partial charge in [0.25, 0.3) is 0 Å². The first-order valence-corrected chi connectivity index (χ1v) is 31.5. The smallest absolute Gasteiger partial charge is 0.383 e. The molecule has 0 aliphatic carbocycles. The van der Waals surface area contributed by atoms with Crippen LogP contribution in [0.3, 0.4) is 0 Å². The van der Waals surface area contributed by atoms with Crippen LogP contribution < -0.4 is 0 Å². The Morgan fingerprint density at radius 2 is 0.820 bits per heavy atom. The summed E-state index contributed by atoms with van der Waals surface area (Å²) in [5.41, 5.74) is 0. The van der Waals surface area contributed by atoms with E-state index in [1.165, 1.54) is 154 Å². The second-order valence-corrected chi connectivity index (χ2v) is 23.3. The van der Waals surface area contributed by atoms with E-state index in [0.717, 1.165) is 110 Å². The Morgan fingerprint density at radius 3 is 1.30 bits per heavy atom. The van der Waals surface area contributed by atoms with Crippen LogP contribution in [-0.2, 0) is 27.2 Å². The predicted octanol–water partition coefficient (Wildman–Crippen LogP) is 15.2. The minimum atomic E-state index is -2.27. The van der Waals surface area contributed by atoms with Crippen molar-refractivity contribution in [3.05, 3.63) is 0 Å². The Bertz CT molecular complexity index is 845. The van der Waals surface area contributed by atoms with Crippen molar-refractivity contribution in [3.63, 3.8) is 0 Å². The van der Waals surface area contributed by atoms with Gasteiger partial charge in [0.1, 0.15) is 12.6 Å². The maximum atomic E-state index is 9.49. The van der Waals surface area contributed by atoms with Crippen molar-refractivity contribution >= 4 is 17.8 Å². The maximum Gasteiger partial charge on any atom is 0.383 e. The molecule has 0 aliphatic heterocycles.